The maximum Gasteiger partial charge on any atom is 0.233 e. The van der Waals surface area contributed by atoms with Crippen molar-refractivity contribution in [2.24, 2.45) is 0 Å². The number of rotatable bonds is 6. The van der Waals surface area contributed by atoms with Gasteiger partial charge in [-0.25, -0.2) is 0 Å². The van der Waals surface area contributed by atoms with E-state index in [9.17, 15) is 4.79 Å². The lowest BCUT2D eigenvalue weighted by atomic mass is 9.87. The number of carbonyl (C=O) groups is 1. The first-order chi connectivity index (χ1) is 9.74. The van der Waals surface area contributed by atoms with Gasteiger partial charge in [-0.2, -0.15) is 0 Å². The molecule has 1 aromatic rings. The second-order valence-electron chi connectivity index (χ2n) is 5.24. The fourth-order valence-corrected chi connectivity index (χ4v) is 2.66. The summed E-state index contributed by atoms with van der Waals surface area (Å²) < 4.78 is 5.30. The highest BCUT2D eigenvalue weighted by Gasteiger charge is 2.20. The Balaban J connectivity index is 1.99. The van der Waals surface area contributed by atoms with Crippen molar-refractivity contribution in [3.05, 3.63) is 29.3 Å². The first-order valence-corrected chi connectivity index (χ1v) is 7.41. The van der Waals surface area contributed by atoms with E-state index in [0.717, 1.165) is 38.0 Å². The summed E-state index contributed by atoms with van der Waals surface area (Å²) in [6.45, 7) is 3.17. The average Bonchev–Trinajstić information content (AvgIpc) is 2.50. The second-order valence-corrected chi connectivity index (χ2v) is 5.24. The molecule has 1 unspecified atom stereocenters. The number of nitrogens with one attached hydrogen (secondary N) is 2. The lowest BCUT2D eigenvalue weighted by molar-refractivity contribution is -0.120. The van der Waals surface area contributed by atoms with Crippen molar-refractivity contribution < 1.29 is 9.53 Å². The number of ether oxygens (including phenoxy) is 1. The second kappa shape index (κ2) is 7.29. The van der Waals surface area contributed by atoms with Crippen molar-refractivity contribution in [1.29, 1.82) is 0 Å². The van der Waals surface area contributed by atoms with Gasteiger partial charge in [0.25, 0.3) is 0 Å². The van der Waals surface area contributed by atoms with E-state index in [1.165, 1.54) is 11.1 Å². The summed E-state index contributed by atoms with van der Waals surface area (Å²) in [6.07, 6.45) is 4.31. The van der Waals surface area contributed by atoms with E-state index in [-0.39, 0.29) is 11.9 Å². The summed E-state index contributed by atoms with van der Waals surface area (Å²) in [5.41, 5.74) is 2.64. The zero-order valence-electron chi connectivity index (χ0n) is 12.4. The topological polar surface area (TPSA) is 50.4 Å². The van der Waals surface area contributed by atoms with Crippen molar-refractivity contribution in [3.8, 4) is 5.75 Å². The molecule has 1 aliphatic carbocycles. The summed E-state index contributed by atoms with van der Waals surface area (Å²) in [7, 11) is 1.69. The fourth-order valence-electron chi connectivity index (χ4n) is 2.66. The molecule has 2 rings (SSSR count). The number of amides is 1. The molecule has 20 heavy (non-hydrogen) atoms. The van der Waals surface area contributed by atoms with E-state index in [4.69, 9.17) is 4.74 Å². The monoisotopic (exact) mass is 276 g/mol. The van der Waals surface area contributed by atoms with Crippen molar-refractivity contribution in [3.63, 3.8) is 0 Å². The molecule has 1 atom stereocenters. The van der Waals surface area contributed by atoms with Crippen LogP contribution in [0.1, 0.15) is 43.4 Å². The van der Waals surface area contributed by atoms with E-state index < -0.39 is 0 Å². The van der Waals surface area contributed by atoms with E-state index in [0.29, 0.717) is 6.54 Å². The maximum atomic E-state index is 11.7. The summed E-state index contributed by atoms with van der Waals surface area (Å²) in [4.78, 5) is 11.7. The van der Waals surface area contributed by atoms with Gasteiger partial charge >= 0.3 is 0 Å². The highest BCUT2D eigenvalue weighted by molar-refractivity contribution is 5.78. The smallest absolute Gasteiger partial charge is 0.233 e. The van der Waals surface area contributed by atoms with E-state index in [1.54, 1.807) is 7.11 Å². The fraction of sp³-hybridized carbons (Fsp3) is 0.562. The van der Waals surface area contributed by atoms with Crippen LogP contribution >= 0.6 is 0 Å². The molecule has 0 saturated heterocycles. The molecule has 0 radical (unpaired) electrons. The van der Waals surface area contributed by atoms with Crippen LogP contribution in [-0.4, -0.2) is 26.1 Å². The molecule has 110 valence electrons. The number of methoxy groups -OCH3 is 1. The van der Waals surface area contributed by atoms with Crippen molar-refractivity contribution in [2.75, 3.05) is 20.2 Å². The van der Waals surface area contributed by atoms with Crippen LogP contribution in [-0.2, 0) is 11.2 Å². The molecule has 1 amide bonds. The third-order valence-electron chi connectivity index (χ3n) is 3.75. The van der Waals surface area contributed by atoms with E-state index in [2.05, 4.69) is 29.7 Å². The lowest BCUT2D eigenvalue weighted by Crippen LogP contribution is -2.37. The van der Waals surface area contributed by atoms with Crippen LogP contribution in [0.2, 0.25) is 0 Å². The predicted octanol–water partition coefficient (Wildman–Crippen LogP) is 2.19. The Hall–Kier alpha value is -1.55. The van der Waals surface area contributed by atoms with Crippen LogP contribution < -0.4 is 15.4 Å². The third-order valence-corrected chi connectivity index (χ3v) is 3.75. The Labute approximate surface area is 120 Å². The van der Waals surface area contributed by atoms with Gasteiger partial charge in [0.05, 0.1) is 13.7 Å². The quantitative estimate of drug-likeness (QED) is 0.837. The van der Waals surface area contributed by atoms with Crippen molar-refractivity contribution in [1.82, 2.24) is 10.6 Å². The minimum Gasteiger partial charge on any atom is -0.497 e. The van der Waals surface area contributed by atoms with Crippen LogP contribution in [0.15, 0.2) is 18.2 Å². The number of hydrogen-bond acceptors (Lipinski definition) is 3. The normalized spacial score (nSPS) is 17.4. The molecule has 1 aromatic carbocycles. The van der Waals surface area contributed by atoms with Gasteiger partial charge in [-0.1, -0.05) is 13.0 Å². The summed E-state index contributed by atoms with van der Waals surface area (Å²) in [5, 5.41) is 6.26. The zero-order chi connectivity index (χ0) is 14.4. The summed E-state index contributed by atoms with van der Waals surface area (Å²) >= 11 is 0. The highest BCUT2D eigenvalue weighted by Crippen LogP contribution is 2.32. The van der Waals surface area contributed by atoms with Gasteiger partial charge in [0, 0.05) is 12.6 Å². The molecule has 0 fully saturated rings. The molecular weight excluding hydrogens is 252 g/mol. The Kier molecular flexibility index (Phi) is 5.41. The number of benzene rings is 1. The molecule has 1 aliphatic rings. The van der Waals surface area contributed by atoms with Crippen LogP contribution in [0.3, 0.4) is 0 Å². The maximum absolute atomic E-state index is 11.7. The van der Waals surface area contributed by atoms with E-state index >= 15 is 0 Å². The predicted molar refractivity (Wildman–Crippen MR) is 80.0 cm³/mol. The third kappa shape index (κ3) is 3.73. The summed E-state index contributed by atoms with van der Waals surface area (Å²) in [5.74, 6) is 0.953. The molecular formula is C16H24N2O2. The van der Waals surface area contributed by atoms with Gasteiger partial charge in [0.15, 0.2) is 0 Å². The Morgan fingerprint density at radius 3 is 3.05 bits per heavy atom. The zero-order valence-corrected chi connectivity index (χ0v) is 12.4. The number of fused-ring (bicyclic) bond motifs is 1. The average molecular weight is 276 g/mol. The number of hydrogen-bond donors (Lipinski definition) is 2. The van der Waals surface area contributed by atoms with Gasteiger partial charge in [-0.05, 0) is 48.9 Å². The highest BCUT2D eigenvalue weighted by atomic mass is 16.5. The molecule has 2 N–H and O–H groups in total. The number of aryl methyl sites for hydroxylation is 1. The van der Waals surface area contributed by atoms with Gasteiger partial charge in [0.2, 0.25) is 5.91 Å². The van der Waals surface area contributed by atoms with Gasteiger partial charge < -0.3 is 15.4 Å². The van der Waals surface area contributed by atoms with Crippen LogP contribution in [0.5, 0.6) is 5.75 Å². The molecule has 0 spiro atoms. The van der Waals surface area contributed by atoms with E-state index in [1.807, 2.05) is 6.07 Å². The van der Waals surface area contributed by atoms with Gasteiger partial charge in [0.1, 0.15) is 5.75 Å². The minimum atomic E-state index is 0.0712. The van der Waals surface area contributed by atoms with Gasteiger partial charge in [-0.15, -0.1) is 0 Å². The standard InChI is InChI=1S/C16H24N2O2/c1-3-9-17-16(19)11-18-15-6-4-5-12-7-8-13(20-2)10-14(12)15/h7-8,10,15,18H,3-6,9,11H2,1-2H3,(H,17,19). The van der Waals surface area contributed by atoms with Gasteiger partial charge in [-0.3, -0.25) is 4.79 Å². The molecule has 0 aliphatic heterocycles. The Morgan fingerprint density at radius 2 is 2.30 bits per heavy atom. The van der Waals surface area contributed by atoms with Crippen LogP contribution in [0, 0.1) is 0 Å². The summed E-state index contributed by atoms with van der Waals surface area (Å²) in [6, 6.07) is 6.49. The van der Waals surface area contributed by atoms with Crippen molar-refractivity contribution >= 4 is 5.91 Å². The first-order valence-electron chi connectivity index (χ1n) is 7.41. The first kappa shape index (κ1) is 14.9. The molecule has 0 heterocycles. The van der Waals surface area contributed by atoms with Crippen molar-refractivity contribution in [2.45, 2.75) is 38.6 Å². The lowest BCUT2D eigenvalue weighted by Gasteiger charge is -2.26. The number of carbonyl (C=O) groups excluding carboxylic acids is 1. The van der Waals surface area contributed by atoms with Crippen LogP contribution in [0.25, 0.3) is 0 Å². The Bertz CT molecular complexity index is 460. The molecule has 0 aromatic heterocycles. The largest absolute Gasteiger partial charge is 0.497 e. The van der Waals surface area contributed by atoms with Crippen LogP contribution in [0.4, 0.5) is 0 Å². The Morgan fingerprint density at radius 1 is 1.45 bits per heavy atom. The molecule has 4 heteroatoms. The molecule has 4 nitrogen and oxygen atoms in total. The molecule has 0 bridgehead atoms. The molecule has 0 saturated carbocycles. The SMILES string of the molecule is CCCNC(=O)CNC1CCCc2ccc(OC)cc21. The minimum absolute atomic E-state index is 0.0712.